The van der Waals surface area contributed by atoms with Gasteiger partial charge in [0.15, 0.2) is 0 Å². The molecule has 0 aliphatic rings. The van der Waals surface area contributed by atoms with E-state index in [-0.39, 0.29) is 5.91 Å². The van der Waals surface area contributed by atoms with Gasteiger partial charge in [-0.15, -0.1) is 0 Å². The Bertz CT molecular complexity index is 377. The first-order chi connectivity index (χ1) is 7.50. The number of hydrogen-bond donors (Lipinski definition) is 1. The number of nitrogens with zero attached hydrogens (tertiary/aromatic N) is 1. The number of aryl methyl sites for hydroxylation is 1. The maximum atomic E-state index is 11.3. The molecular formula is C12H17ClN2O. The number of carbonyl (C=O) groups is 1. The topological polar surface area (TPSA) is 32.3 Å². The lowest BCUT2D eigenvalue weighted by molar-refractivity contribution is -0.128. The Hall–Kier alpha value is -1.22. The monoisotopic (exact) mass is 240 g/mol. The van der Waals surface area contributed by atoms with Crippen LogP contribution in [-0.4, -0.2) is 31.4 Å². The van der Waals surface area contributed by atoms with Gasteiger partial charge in [0.05, 0.1) is 0 Å². The minimum absolute atomic E-state index is 0.116. The van der Waals surface area contributed by atoms with Crippen molar-refractivity contribution in [3.05, 3.63) is 28.8 Å². The van der Waals surface area contributed by atoms with E-state index in [2.05, 4.69) is 5.32 Å². The lowest BCUT2D eigenvalue weighted by atomic mass is 10.2. The molecule has 0 aromatic heterocycles. The van der Waals surface area contributed by atoms with Crippen molar-refractivity contribution in [3.8, 4) is 0 Å². The van der Waals surface area contributed by atoms with E-state index in [1.165, 1.54) is 0 Å². The van der Waals surface area contributed by atoms with E-state index < -0.39 is 0 Å². The smallest absolute Gasteiger partial charge is 0.223 e. The van der Waals surface area contributed by atoms with E-state index in [0.29, 0.717) is 13.0 Å². The Kier molecular flexibility index (Phi) is 4.62. The summed E-state index contributed by atoms with van der Waals surface area (Å²) in [5.41, 5.74) is 2.00. The molecule has 1 aromatic carbocycles. The molecule has 1 amide bonds. The normalized spacial score (nSPS) is 10.0. The number of halogens is 1. The van der Waals surface area contributed by atoms with Gasteiger partial charge in [0.25, 0.3) is 0 Å². The molecule has 0 aliphatic heterocycles. The molecule has 1 N–H and O–H groups in total. The quantitative estimate of drug-likeness (QED) is 0.877. The van der Waals surface area contributed by atoms with Crippen LogP contribution in [-0.2, 0) is 4.79 Å². The predicted octanol–water partition coefficient (Wildman–Crippen LogP) is 2.54. The largest absolute Gasteiger partial charge is 0.384 e. The fourth-order valence-corrected chi connectivity index (χ4v) is 1.42. The maximum absolute atomic E-state index is 11.3. The number of hydrogen-bond acceptors (Lipinski definition) is 2. The highest BCUT2D eigenvalue weighted by Gasteiger charge is 2.03. The van der Waals surface area contributed by atoms with Crippen molar-refractivity contribution in [2.75, 3.05) is 26.0 Å². The van der Waals surface area contributed by atoms with E-state index in [4.69, 9.17) is 11.6 Å². The number of anilines is 1. The second-order valence-corrected chi connectivity index (χ2v) is 4.34. The Morgan fingerprint density at radius 2 is 2.12 bits per heavy atom. The summed E-state index contributed by atoms with van der Waals surface area (Å²) in [5, 5.41) is 3.91. The first kappa shape index (κ1) is 12.8. The average molecular weight is 241 g/mol. The summed E-state index contributed by atoms with van der Waals surface area (Å²) in [6.45, 7) is 2.58. The van der Waals surface area contributed by atoms with Crippen molar-refractivity contribution in [2.45, 2.75) is 13.3 Å². The van der Waals surface area contributed by atoms with Gasteiger partial charge in [-0.05, 0) is 24.6 Å². The van der Waals surface area contributed by atoms with Crippen molar-refractivity contribution in [1.29, 1.82) is 0 Å². The van der Waals surface area contributed by atoms with Gasteiger partial charge in [-0.2, -0.15) is 0 Å². The fourth-order valence-electron chi connectivity index (χ4n) is 1.24. The lowest BCUT2D eigenvalue weighted by Gasteiger charge is -2.11. The molecule has 0 unspecified atom stereocenters. The van der Waals surface area contributed by atoms with Crippen LogP contribution in [0.1, 0.15) is 12.0 Å². The number of rotatable bonds is 4. The average Bonchev–Trinajstić information content (AvgIpc) is 2.23. The molecule has 0 radical (unpaired) electrons. The summed E-state index contributed by atoms with van der Waals surface area (Å²) < 4.78 is 0. The molecule has 0 atom stereocenters. The molecule has 16 heavy (non-hydrogen) atoms. The third-order valence-electron chi connectivity index (χ3n) is 2.34. The zero-order chi connectivity index (χ0) is 12.1. The number of benzene rings is 1. The zero-order valence-corrected chi connectivity index (χ0v) is 10.6. The molecule has 0 saturated heterocycles. The van der Waals surface area contributed by atoms with Crippen molar-refractivity contribution in [2.24, 2.45) is 0 Å². The molecule has 88 valence electrons. The van der Waals surface area contributed by atoms with Gasteiger partial charge in [-0.3, -0.25) is 4.79 Å². The number of nitrogens with one attached hydrogen (secondary N) is 1. The highest BCUT2D eigenvalue weighted by atomic mass is 35.5. The molecule has 1 aromatic rings. The maximum Gasteiger partial charge on any atom is 0.223 e. The van der Waals surface area contributed by atoms with E-state index >= 15 is 0 Å². The highest BCUT2D eigenvalue weighted by molar-refractivity contribution is 6.31. The van der Waals surface area contributed by atoms with Crippen LogP contribution in [0.3, 0.4) is 0 Å². The zero-order valence-electron chi connectivity index (χ0n) is 9.88. The first-order valence-electron chi connectivity index (χ1n) is 5.21. The Morgan fingerprint density at radius 1 is 1.44 bits per heavy atom. The van der Waals surface area contributed by atoms with Crippen LogP contribution in [0.15, 0.2) is 18.2 Å². The van der Waals surface area contributed by atoms with Gasteiger partial charge in [0, 0.05) is 37.8 Å². The SMILES string of the molecule is Cc1ccc(NCCC(=O)N(C)C)cc1Cl. The Labute approximate surface area is 101 Å². The second kappa shape index (κ2) is 5.75. The highest BCUT2D eigenvalue weighted by Crippen LogP contribution is 2.19. The summed E-state index contributed by atoms with van der Waals surface area (Å²) >= 11 is 5.99. The van der Waals surface area contributed by atoms with E-state index in [9.17, 15) is 4.79 Å². The molecule has 0 fully saturated rings. The molecule has 0 aliphatic carbocycles. The van der Waals surface area contributed by atoms with Crippen LogP contribution in [0.4, 0.5) is 5.69 Å². The fraction of sp³-hybridized carbons (Fsp3) is 0.417. The molecular weight excluding hydrogens is 224 g/mol. The summed E-state index contributed by atoms with van der Waals surface area (Å²) in [5.74, 6) is 0.116. The molecule has 4 heteroatoms. The van der Waals surface area contributed by atoms with Gasteiger partial charge in [-0.1, -0.05) is 17.7 Å². The summed E-state index contributed by atoms with van der Waals surface area (Å²) in [6.07, 6.45) is 0.485. The minimum atomic E-state index is 0.116. The van der Waals surface area contributed by atoms with Crippen LogP contribution >= 0.6 is 11.6 Å². The van der Waals surface area contributed by atoms with Crippen LogP contribution < -0.4 is 5.32 Å². The van der Waals surface area contributed by atoms with Crippen LogP contribution in [0.2, 0.25) is 5.02 Å². The van der Waals surface area contributed by atoms with Crippen molar-refractivity contribution < 1.29 is 4.79 Å². The van der Waals surface area contributed by atoms with Gasteiger partial charge in [0.2, 0.25) is 5.91 Å². The third-order valence-corrected chi connectivity index (χ3v) is 2.75. The molecule has 0 bridgehead atoms. The third kappa shape index (κ3) is 3.74. The lowest BCUT2D eigenvalue weighted by Crippen LogP contribution is -2.23. The minimum Gasteiger partial charge on any atom is -0.384 e. The van der Waals surface area contributed by atoms with Crippen LogP contribution in [0.25, 0.3) is 0 Å². The van der Waals surface area contributed by atoms with Crippen molar-refractivity contribution >= 4 is 23.2 Å². The summed E-state index contributed by atoms with van der Waals surface area (Å²) in [7, 11) is 3.51. The molecule has 0 saturated carbocycles. The van der Waals surface area contributed by atoms with Crippen LogP contribution in [0.5, 0.6) is 0 Å². The Balaban J connectivity index is 2.43. The standard InChI is InChI=1S/C12H17ClN2O/c1-9-4-5-10(8-11(9)13)14-7-6-12(16)15(2)3/h4-5,8,14H,6-7H2,1-3H3. The summed E-state index contributed by atoms with van der Waals surface area (Å²) in [4.78, 5) is 12.9. The molecule has 0 spiro atoms. The van der Waals surface area contributed by atoms with Crippen LogP contribution in [0, 0.1) is 6.92 Å². The Morgan fingerprint density at radius 3 is 2.69 bits per heavy atom. The summed E-state index contributed by atoms with van der Waals surface area (Å²) in [6, 6.07) is 5.79. The van der Waals surface area contributed by atoms with Gasteiger partial charge < -0.3 is 10.2 Å². The van der Waals surface area contributed by atoms with E-state index in [0.717, 1.165) is 16.3 Å². The molecule has 0 heterocycles. The van der Waals surface area contributed by atoms with E-state index in [1.807, 2.05) is 25.1 Å². The predicted molar refractivity (Wildman–Crippen MR) is 68.0 cm³/mol. The van der Waals surface area contributed by atoms with Gasteiger partial charge in [-0.25, -0.2) is 0 Å². The number of amides is 1. The number of carbonyl (C=O) groups excluding carboxylic acids is 1. The second-order valence-electron chi connectivity index (χ2n) is 3.93. The molecule has 1 rings (SSSR count). The first-order valence-corrected chi connectivity index (χ1v) is 5.58. The van der Waals surface area contributed by atoms with Gasteiger partial charge in [0.1, 0.15) is 0 Å². The molecule has 3 nitrogen and oxygen atoms in total. The van der Waals surface area contributed by atoms with Crippen molar-refractivity contribution in [1.82, 2.24) is 4.90 Å². The van der Waals surface area contributed by atoms with Crippen molar-refractivity contribution in [3.63, 3.8) is 0 Å². The van der Waals surface area contributed by atoms with Gasteiger partial charge >= 0.3 is 0 Å². The van der Waals surface area contributed by atoms with E-state index in [1.54, 1.807) is 19.0 Å².